The number of hydrogen-bond acceptors (Lipinski definition) is 3. The normalized spacial score (nSPS) is 11.2. The standard InChI is InChI=1S/C7H13NO3.ClH/c1-3-5(2)11-6(8)4-7(9)10;/h5,8H,3-4H2,1-2H3,(H,9,10);1H. The number of nitrogens with one attached hydrogen (secondary N) is 1. The lowest BCUT2D eigenvalue weighted by molar-refractivity contribution is -0.135. The molecule has 0 amide bonds. The highest BCUT2D eigenvalue weighted by Gasteiger charge is 2.07. The van der Waals surface area contributed by atoms with Crippen molar-refractivity contribution in [1.29, 1.82) is 5.41 Å². The second-order valence-electron chi connectivity index (χ2n) is 2.33. The van der Waals surface area contributed by atoms with Gasteiger partial charge in [0.05, 0.1) is 6.10 Å². The molecule has 2 N–H and O–H groups in total. The Morgan fingerprint density at radius 3 is 2.50 bits per heavy atom. The predicted octanol–water partition coefficient (Wildman–Crippen LogP) is 1.68. The molecule has 0 saturated heterocycles. The van der Waals surface area contributed by atoms with Crippen molar-refractivity contribution < 1.29 is 14.6 Å². The van der Waals surface area contributed by atoms with Crippen LogP contribution in [0.2, 0.25) is 0 Å². The number of rotatable bonds is 4. The number of carbonyl (C=O) groups is 1. The molecule has 0 radical (unpaired) electrons. The molecular weight excluding hydrogens is 182 g/mol. The summed E-state index contributed by atoms with van der Waals surface area (Å²) in [6.45, 7) is 3.72. The van der Waals surface area contributed by atoms with E-state index >= 15 is 0 Å². The quantitative estimate of drug-likeness (QED) is 0.530. The van der Waals surface area contributed by atoms with E-state index in [-0.39, 0.29) is 30.8 Å². The van der Waals surface area contributed by atoms with Crippen molar-refractivity contribution in [2.45, 2.75) is 32.8 Å². The molecule has 0 aliphatic rings. The van der Waals surface area contributed by atoms with Crippen LogP contribution in [0, 0.1) is 5.41 Å². The molecule has 0 aliphatic heterocycles. The molecule has 0 aromatic rings. The molecule has 0 spiro atoms. The molecule has 0 aromatic heterocycles. The number of aliphatic carboxylic acids is 1. The SMILES string of the molecule is CCC(C)OC(=N)CC(=O)O.Cl. The van der Waals surface area contributed by atoms with E-state index in [2.05, 4.69) is 0 Å². The highest BCUT2D eigenvalue weighted by Crippen LogP contribution is 1.98. The second-order valence-corrected chi connectivity index (χ2v) is 2.33. The highest BCUT2D eigenvalue weighted by molar-refractivity contribution is 5.91. The van der Waals surface area contributed by atoms with Crippen LogP contribution < -0.4 is 0 Å². The van der Waals surface area contributed by atoms with Crippen molar-refractivity contribution >= 4 is 24.3 Å². The zero-order chi connectivity index (χ0) is 8.85. The minimum Gasteiger partial charge on any atom is -0.481 e. The van der Waals surface area contributed by atoms with E-state index in [0.717, 1.165) is 6.42 Å². The first kappa shape index (κ1) is 13.8. The maximum absolute atomic E-state index is 10.1. The fraction of sp³-hybridized carbons (Fsp3) is 0.714. The van der Waals surface area contributed by atoms with E-state index < -0.39 is 5.97 Å². The lowest BCUT2D eigenvalue weighted by atomic mass is 10.3. The fourth-order valence-electron chi connectivity index (χ4n) is 0.505. The van der Waals surface area contributed by atoms with Crippen molar-refractivity contribution in [3.8, 4) is 0 Å². The average molecular weight is 196 g/mol. The van der Waals surface area contributed by atoms with Gasteiger partial charge < -0.3 is 9.84 Å². The summed E-state index contributed by atoms with van der Waals surface area (Å²) in [5.74, 6) is -1.20. The molecule has 0 aliphatic carbocycles. The largest absolute Gasteiger partial charge is 0.481 e. The van der Waals surface area contributed by atoms with Crippen molar-refractivity contribution in [2.24, 2.45) is 0 Å². The summed E-state index contributed by atoms with van der Waals surface area (Å²) in [5.41, 5.74) is 0. The van der Waals surface area contributed by atoms with Gasteiger partial charge >= 0.3 is 5.97 Å². The first-order chi connectivity index (χ1) is 5.06. The van der Waals surface area contributed by atoms with Gasteiger partial charge in [-0.15, -0.1) is 12.4 Å². The summed E-state index contributed by atoms with van der Waals surface area (Å²) in [6.07, 6.45) is 0.383. The third-order valence-electron chi connectivity index (χ3n) is 1.23. The molecule has 0 rings (SSSR count). The molecule has 0 fully saturated rings. The summed E-state index contributed by atoms with van der Waals surface area (Å²) in [7, 11) is 0. The van der Waals surface area contributed by atoms with E-state index in [1.807, 2.05) is 6.92 Å². The van der Waals surface area contributed by atoms with Gasteiger partial charge in [0, 0.05) is 0 Å². The Bertz CT molecular complexity index is 161. The molecule has 12 heavy (non-hydrogen) atoms. The van der Waals surface area contributed by atoms with Crippen LogP contribution in [0.5, 0.6) is 0 Å². The Labute approximate surface area is 77.8 Å². The van der Waals surface area contributed by atoms with Crippen LogP contribution in [0.25, 0.3) is 0 Å². The van der Waals surface area contributed by atoms with Crippen LogP contribution in [0.3, 0.4) is 0 Å². The fourth-order valence-corrected chi connectivity index (χ4v) is 0.505. The molecule has 5 heteroatoms. The maximum atomic E-state index is 10.1. The molecule has 0 bridgehead atoms. The van der Waals surface area contributed by atoms with Crippen molar-refractivity contribution in [2.75, 3.05) is 0 Å². The summed E-state index contributed by atoms with van der Waals surface area (Å²) in [5, 5.41) is 15.3. The van der Waals surface area contributed by atoms with Crippen LogP contribution in [-0.4, -0.2) is 23.1 Å². The third kappa shape index (κ3) is 7.34. The van der Waals surface area contributed by atoms with Crippen LogP contribution in [0.15, 0.2) is 0 Å². The third-order valence-corrected chi connectivity index (χ3v) is 1.23. The van der Waals surface area contributed by atoms with Gasteiger partial charge in [-0.05, 0) is 13.3 Å². The molecule has 1 atom stereocenters. The zero-order valence-corrected chi connectivity index (χ0v) is 7.98. The molecular formula is C7H14ClNO3. The summed E-state index contributed by atoms with van der Waals surface area (Å²) in [6, 6.07) is 0. The van der Waals surface area contributed by atoms with Crippen molar-refractivity contribution in [3.63, 3.8) is 0 Å². The van der Waals surface area contributed by atoms with Gasteiger partial charge in [-0.2, -0.15) is 0 Å². The number of carboxylic acids is 1. The lowest BCUT2D eigenvalue weighted by Crippen LogP contribution is -2.16. The Balaban J connectivity index is 0. The summed E-state index contributed by atoms with van der Waals surface area (Å²) in [4.78, 5) is 10.1. The molecule has 1 unspecified atom stereocenters. The van der Waals surface area contributed by atoms with E-state index in [4.69, 9.17) is 15.3 Å². The van der Waals surface area contributed by atoms with Gasteiger partial charge in [0.15, 0.2) is 5.90 Å². The summed E-state index contributed by atoms with van der Waals surface area (Å²) >= 11 is 0. The molecule has 0 aromatic carbocycles. The Hall–Kier alpha value is -0.770. The van der Waals surface area contributed by atoms with Gasteiger partial charge in [-0.1, -0.05) is 6.92 Å². The zero-order valence-electron chi connectivity index (χ0n) is 7.16. The maximum Gasteiger partial charge on any atom is 0.312 e. The second kappa shape index (κ2) is 6.91. The van der Waals surface area contributed by atoms with E-state index in [9.17, 15) is 4.79 Å². The van der Waals surface area contributed by atoms with Gasteiger partial charge in [-0.3, -0.25) is 10.2 Å². The van der Waals surface area contributed by atoms with Crippen molar-refractivity contribution in [3.05, 3.63) is 0 Å². The number of ether oxygens (including phenoxy) is 1. The minimum absolute atomic E-state index is 0. The first-order valence-corrected chi connectivity index (χ1v) is 3.52. The van der Waals surface area contributed by atoms with E-state index in [0.29, 0.717) is 0 Å². The van der Waals surface area contributed by atoms with Crippen LogP contribution in [0.1, 0.15) is 26.7 Å². The molecule has 0 saturated carbocycles. The monoisotopic (exact) mass is 195 g/mol. The van der Waals surface area contributed by atoms with Crippen LogP contribution in [0.4, 0.5) is 0 Å². The molecule has 4 nitrogen and oxygen atoms in total. The smallest absolute Gasteiger partial charge is 0.312 e. The Morgan fingerprint density at radius 1 is 1.67 bits per heavy atom. The van der Waals surface area contributed by atoms with Gasteiger partial charge in [0.1, 0.15) is 6.42 Å². The number of halogens is 1. The predicted molar refractivity (Wildman–Crippen MR) is 48.1 cm³/mol. The Morgan fingerprint density at radius 2 is 2.17 bits per heavy atom. The minimum atomic E-state index is -1.03. The van der Waals surface area contributed by atoms with Crippen molar-refractivity contribution in [1.82, 2.24) is 0 Å². The van der Waals surface area contributed by atoms with Gasteiger partial charge in [-0.25, -0.2) is 0 Å². The lowest BCUT2D eigenvalue weighted by Gasteiger charge is -2.11. The van der Waals surface area contributed by atoms with Gasteiger partial charge in [0.2, 0.25) is 0 Å². The van der Waals surface area contributed by atoms with E-state index in [1.54, 1.807) is 6.92 Å². The average Bonchev–Trinajstić information content (AvgIpc) is 1.85. The number of hydrogen-bond donors (Lipinski definition) is 2. The number of carboxylic acid groups (broad SMARTS) is 1. The topological polar surface area (TPSA) is 70.4 Å². The van der Waals surface area contributed by atoms with Gasteiger partial charge in [0.25, 0.3) is 0 Å². The molecule has 0 heterocycles. The Kier molecular flexibility index (Phi) is 7.94. The van der Waals surface area contributed by atoms with Crippen LogP contribution >= 0.6 is 12.4 Å². The molecule has 72 valence electrons. The first-order valence-electron chi connectivity index (χ1n) is 3.52. The summed E-state index contributed by atoms with van der Waals surface area (Å²) < 4.78 is 4.91. The van der Waals surface area contributed by atoms with Crippen LogP contribution in [-0.2, 0) is 9.53 Å². The van der Waals surface area contributed by atoms with E-state index in [1.165, 1.54) is 0 Å². The highest BCUT2D eigenvalue weighted by atomic mass is 35.5.